The van der Waals surface area contributed by atoms with Crippen molar-refractivity contribution in [2.75, 3.05) is 25.0 Å². The molecule has 2 atom stereocenters. The molecule has 1 fully saturated rings. The molecule has 110 valence electrons. The molecule has 1 aromatic carbocycles. The Morgan fingerprint density at radius 2 is 2.05 bits per heavy atom. The van der Waals surface area contributed by atoms with Crippen molar-refractivity contribution >= 4 is 11.6 Å². The fourth-order valence-corrected chi connectivity index (χ4v) is 3.21. The van der Waals surface area contributed by atoms with Crippen LogP contribution < -0.4 is 10.2 Å². The van der Waals surface area contributed by atoms with Gasteiger partial charge in [0.05, 0.1) is 26.1 Å². The Hall–Kier alpha value is -1.42. The average Bonchev–Trinajstić information content (AvgIpc) is 2.35. The summed E-state index contributed by atoms with van der Waals surface area (Å²) in [7, 11) is 0. The molecule has 0 aliphatic carbocycles. The molecule has 0 bridgehead atoms. The molecule has 1 amide bonds. The second kappa shape index (κ2) is 6.84. The summed E-state index contributed by atoms with van der Waals surface area (Å²) in [6, 6.07) is 6.02. The summed E-state index contributed by atoms with van der Waals surface area (Å²) in [5.41, 5.74) is 0.533. The normalized spacial score (nSPS) is 26.2. The minimum absolute atomic E-state index is 0.0334. The Kier molecular flexibility index (Phi) is 5.12. The van der Waals surface area contributed by atoms with E-state index in [9.17, 15) is 9.18 Å². The number of halogens is 1. The molecule has 1 aromatic rings. The zero-order valence-electron chi connectivity index (χ0n) is 12.3. The molecule has 1 saturated heterocycles. The van der Waals surface area contributed by atoms with Gasteiger partial charge in [-0.25, -0.2) is 4.39 Å². The summed E-state index contributed by atoms with van der Waals surface area (Å²) in [5.74, 6) is 1.11. The minimum atomic E-state index is -0.327. The topological polar surface area (TPSA) is 33.5 Å². The maximum atomic E-state index is 13.0. The van der Waals surface area contributed by atoms with Gasteiger partial charge in [0.25, 0.3) is 0 Å². The van der Waals surface area contributed by atoms with E-state index in [-0.39, 0.29) is 11.7 Å². The third-order valence-electron chi connectivity index (χ3n) is 3.89. The number of piperidine rings is 1. The van der Waals surface area contributed by atoms with Crippen molar-refractivity contribution < 1.29 is 14.1 Å². The van der Waals surface area contributed by atoms with Crippen molar-refractivity contribution in [3.8, 4) is 0 Å². The van der Waals surface area contributed by atoms with Gasteiger partial charge in [-0.3, -0.25) is 4.79 Å². The van der Waals surface area contributed by atoms with Crippen molar-refractivity contribution in [2.24, 2.45) is 11.8 Å². The lowest BCUT2D eigenvalue weighted by Gasteiger charge is -2.31. The van der Waals surface area contributed by atoms with E-state index < -0.39 is 0 Å². The molecule has 0 radical (unpaired) electrons. The summed E-state index contributed by atoms with van der Waals surface area (Å²) >= 11 is 0. The molecular weight excluding hydrogens is 255 g/mol. The third-order valence-corrected chi connectivity index (χ3v) is 3.89. The zero-order valence-corrected chi connectivity index (χ0v) is 12.3. The largest absolute Gasteiger partial charge is 0.334 e. The predicted molar refractivity (Wildman–Crippen MR) is 78.2 cm³/mol. The number of benzene rings is 1. The Morgan fingerprint density at radius 1 is 1.35 bits per heavy atom. The van der Waals surface area contributed by atoms with Crippen molar-refractivity contribution in [1.29, 1.82) is 0 Å². The number of hydrogen-bond donors (Lipinski definition) is 2. The van der Waals surface area contributed by atoms with E-state index in [1.165, 1.54) is 23.5 Å². The number of carbonyl (C=O) groups excluding carboxylic acids is 1. The van der Waals surface area contributed by atoms with Gasteiger partial charge in [0.15, 0.2) is 0 Å². The van der Waals surface area contributed by atoms with E-state index in [2.05, 4.69) is 19.2 Å². The minimum Gasteiger partial charge on any atom is -0.334 e. The van der Waals surface area contributed by atoms with Crippen LogP contribution in [0.4, 0.5) is 10.1 Å². The zero-order chi connectivity index (χ0) is 14.5. The van der Waals surface area contributed by atoms with Crippen LogP contribution >= 0.6 is 0 Å². The molecule has 3 nitrogen and oxygen atoms in total. The quantitative estimate of drug-likeness (QED) is 0.864. The average molecular weight is 279 g/mol. The van der Waals surface area contributed by atoms with Gasteiger partial charge < -0.3 is 10.2 Å². The van der Waals surface area contributed by atoms with Crippen LogP contribution in [0.1, 0.15) is 26.7 Å². The predicted octanol–water partition coefficient (Wildman–Crippen LogP) is 1.72. The monoisotopic (exact) mass is 279 g/mol. The van der Waals surface area contributed by atoms with Crippen LogP contribution in [0.3, 0.4) is 0 Å². The van der Waals surface area contributed by atoms with Crippen molar-refractivity contribution in [1.82, 2.24) is 0 Å². The van der Waals surface area contributed by atoms with Crippen molar-refractivity contribution in [3.05, 3.63) is 30.1 Å². The van der Waals surface area contributed by atoms with E-state index in [1.54, 1.807) is 12.1 Å². The fraction of sp³-hybridized carbons (Fsp3) is 0.562. The highest BCUT2D eigenvalue weighted by atomic mass is 19.1. The summed E-state index contributed by atoms with van der Waals surface area (Å²) < 4.78 is 13.0. The second-order valence-electron chi connectivity index (χ2n) is 6.16. The van der Waals surface area contributed by atoms with E-state index in [0.717, 1.165) is 31.5 Å². The molecule has 4 heteroatoms. The summed E-state index contributed by atoms with van der Waals surface area (Å²) in [6.07, 6.45) is 1.78. The summed E-state index contributed by atoms with van der Waals surface area (Å²) in [5, 5.41) is 2.75. The molecular formula is C16H24FN2O+. The standard InChI is InChI=1S/C16H23FN2O/c1-12-8-13(2)11-19(10-12)7-6-16(20)18-15-5-3-4-14(17)9-15/h3-5,9,12-13H,6-8,10-11H2,1-2H3,(H,18,20)/p+1/t12-,13-/m0/s1. The first-order valence-corrected chi connectivity index (χ1v) is 7.42. The lowest BCUT2D eigenvalue weighted by Crippen LogP contribution is -3.14. The van der Waals surface area contributed by atoms with E-state index in [1.807, 2.05) is 0 Å². The summed E-state index contributed by atoms with van der Waals surface area (Å²) in [6.45, 7) is 7.72. The Bertz CT molecular complexity index is 454. The van der Waals surface area contributed by atoms with Gasteiger partial charge in [-0.15, -0.1) is 0 Å². The van der Waals surface area contributed by atoms with E-state index >= 15 is 0 Å². The van der Waals surface area contributed by atoms with Gasteiger partial charge in [0.1, 0.15) is 5.82 Å². The summed E-state index contributed by atoms with van der Waals surface area (Å²) in [4.78, 5) is 13.4. The number of rotatable bonds is 4. The molecule has 0 saturated carbocycles. The molecule has 0 aromatic heterocycles. The Balaban J connectivity index is 1.77. The van der Waals surface area contributed by atoms with Crippen molar-refractivity contribution in [2.45, 2.75) is 26.7 Å². The number of likely N-dealkylation sites (tertiary alicyclic amines) is 1. The first kappa shape index (κ1) is 15.0. The van der Waals surface area contributed by atoms with Crippen LogP contribution in [0.5, 0.6) is 0 Å². The second-order valence-corrected chi connectivity index (χ2v) is 6.16. The SMILES string of the molecule is C[C@H]1C[C@H](C)C[NH+](CCC(=O)Nc2cccc(F)c2)C1. The van der Waals surface area contributed by atoms with Gasteiger partial charge >= 0.3 is 0 Å². The molecule has 0 unspecified atom stereocenters. The highest BCUT2D eigenvalue weighted by Crippen LogP contribution is 2.12. The number of anilines is 1. The molecule has 1 aliphatic rings. The lowest BCUT2D eigenvalue weighted by atomic mass is 9.92. The molecule has 20 heavy (non-hydrogen) atoms. The molecule has 0 spiro atoms. The maximum absolute atomic E-state index is 13.0. The highest BCUT2D eigenvalue weighted by Gasteiger charge is 2.25. The number of carbonyl (C=O) groups is 1. The lowest BCUT2D eigenvalue weighted by molar-refractivity contribution is -0.911. The number of nitrogens with one attached hydrogen (secondary N) is 2. The van der Waals surface area contributed by atoms with Crippen LogP contribution in [-0.2, 0) is 4.79 Å². The van der Waals surface area contributed by atoms with Crippen molar-refractivity contribution in [3.63, 3.8) is 0 Å². The van der Waals surface area contributed by atoms with Gasteiger partial charge in [-0.05, 0) is 24.6 Å². The van der Waals surface area contributed by atoms with Gasteiger partial charge in [0.2, 0.25) is 5.91 Å². The fourth-order valence-electron chi connectivity index (χ4n) is 3.21. The molecule has 2 rings (SSSR count). The number of quaternary nitrogens is 1. The van der Waals surface area contributed by atoms with Crippen LogP contribution in [-0.4, -0.2) is 25.5 Å². The van der Waals surface area contributed by atoms with E-state index in [4.69, 9.17) is 0 Å². The third kappa shape index (κ3) is 4.60. The Morgan fingerprint density at radius 3 is 2.70 bits per heavy atom. The van der Waals surface area contributed by atoms with Crippen LogP contribution in [0.25, 0.3) is 0 Å². The first-order chi connectivity index (χ1) is 9.52. The molecule has 1 heterocycles. The van der Waals surface area contributed by atoms with E-state index in [0.29, 0.717) is 12.1 Å². The van der Waals surface area contributed by atoms with Crippen LogP contribution in [0.2, 0.25) is 0 Å². The first-order valence-electron chi connectivity index (χ1n) is 7.42. The molecule has 1 aliphatic heterocycles. The maximum Gasteiger partial charge on any atom is 0.230 e. The molecule has 2 N–H and O–H groups in total. The highest BCUT2D eigenvalue weighted by molar-refractivity contribution is 5.90. The van der Waals surface area contributed by atoms with Crippen LogP contribution in [0, 0.1) is 17.7 Å². The smallest absolute Gasteiger partial charge is 0.230 e. The van der Waals surface area contributed by atoms with Gasteiger partial charge in [-0.2, -0.15) is 0 Å². The number of amides is 1. The van der Waals surface area contributed by atoms with Gasteiger partial charge in [0, 0.05) is 17.5 Å². The Labute approximate surface area is 120 Å². The number of hydrogen-bond acceptors (Lipinski definition) is 1. The van der Waals surface area contributed by atoms with Crippen LogP contribution in [0.15, 0.2) is 24.3 Å². The van der Waals surface area contributed by atoms with Gasteiger partial charge in [-0.1, -0.05) is 19.9 Å².